The Labute approximate surface area is 138 Å². The van der Waals surface area contributed by atoms with Gasteiger partial charge in [-0.1, -0.05) is 35.3 Å². The smallest absolute Gasteiger partial charge is 0.265 e. The summed E-state index contributed by atoms with van der Waals surface area (Å²) in [5.41, 5.74) is 0.812. The summed E-state index contributed by atoms with van der Waals surface area (Å²) in [4.78, 5) is 12.2. The SMILES string of the molecule is C[C@H](Oc1cc(Cl)ccc1Cl)C(=O)Nc1ccccc1C#N. The fraction of sp³-hybridized carbons (Fsp3) is 0.125. The van der Waals surface area contributed by atoms with Gasteiger partial charge < -0.3 is 10.1 Å². The highest BCUT2D eigenvalue weighted by molar-refractivity contribution is 6.34. The molecule has 0 unspecified atom stereocenters. The van der Waals surface area contributed by atoms with E-state index in [1.54, 1.807) is 43.3 Å². The summed E-state index contributed by atoms with van der Waals surface area (Å²) in [5.74, 6) is -0.0656. The molecule has 0 heterocycles. The van der Waals surface area contributed by atoms with Gasteiger partial charge in [0.1, 0.15) is 11.8 Å². The molecule has 0 aliphatic heterocycles. The number of para-hydroxylation sites is 1. The Morgan fingerprint density at radius 2 is 2.00 bits per heavy atom. The molecule has 112 valence electrons. The Hall–Kier alpha value is -2.22. The maximum atomic E-state index is 12.2. The molecule has 0 bridgehead atoms. The molecule has 2 aromatic rings. The molecule has 0 aliphatic carbocycles. The molecule has 1 amide bonds. The van der Waals surface area contributed by atoms with E-state index in [9.17, 15) is 4.79 Å². The lowest BCUT2D eigenvalue weighted by Crippen LogP contribution is -2.30. The van der Waals surface area contributed by atoms with Gasteiger partial charge in [-0.2, -0.15) is 5.26 Å². The van der Waals surface area contributed by atoms with E-state index in [0.717, 1.165) is 0 Å². The molecule has 0 radical (unpaired) electrons. The van der Waals surface area contributed by atoms with Crippen LogP contribution in [0.4, 0.5) is 5.69 Å². The van der Waals surface area contributed by atoms with E-state index < -0.39 is 12.0 Å². The van der Waals surface area contributed by atoms with E-state index in [1.165, 1.54) is 6.07 Å². The quantitative estimate of drug-likeness (QED) is 0.907. The highest BCUT2D eigenvalue weighted by atomic mass is 35.5. The average Bonchev–Trinajstić information content (AvgIpc) is 2.51. The number of ether oxygens (including phenoxy) is 1. The van der Waals surface area contributed by atoms with Crippen LogP contribution in [-0.4, -0.2) is 12.0 Å². The zero-order valence-electron chi connectivity index (χ0n) is 11.6. The maximum absolute atomic E-state index is 12.2. The summed E-state index contributed by atoms with van der Waals surface area (Å²) >= 11 is 11.9. The summed E-state index contributed by atoms with van der Waals surface area (Å²) in [6.07, 6.45) is -0.803. The van der Waals surface area contributed by atoms with Crippen LogP contribution in [0.3, 0.4) is 0 Å². The second-order valence-electron chi connectivity index (χ2n) is 4.48. The summed E-state index contributed by atoms with van der Waals surface area (Å²) < 4.78 is 5.52. The van der Waals surface area contributed by atoms with Crippen molar-refractivity contribution in [1.82, 2.24) is 0 Å². The number of carbonyl (C=O) groups is 1. The van der Waals surface area contributed by atoms with Crippen LogP contribution >= 0.6 is 23.2 Å². The molecule has 0 spiro atoms. The number of nitrogens with one attached hydrogen (secondary N) is 1. The maximum Gasteiger partial charge on any atom is 0.265 e. The third-order valence-electron chi connectivity index (χ3n) is 2.87. The molecule has 0 fully saturated rings. The van der Waals surface area contributed by atoms with Gasteiger partial charge in [-0.05, 0) is 31.2 Å². The fourth-order valence-corrected chi connectivity index (χ4v) is 2.06. The molecule has 22 heavy (non-hydrogen) atoms. The van der Waals surface area contributed by atoms with Gasteiger partial charge in [0.15, 0.2) is 6.10 Å². The highest BCUT2D eigenvalue weighted by Crippen LogP contribution is 2.28. The molecule has 2 rings (SSSR count). The number of halogens is 2. The van der Waals surface area contributed by atoms with Crippen molar-refractivity contribution >= 4 is 34.8 Å². The van der Waals surface area contributed by atoms with Crippen LogP contribution in [0.2, 0.25) is 10.0 Å². The second-order valence-corrected chi connectivity index (χ2v) is 5.33. The lowest BCUT2D eigenvalue weighted by molar-refractivity contribution is -0.122. The minimum absolute atomic E-state index is 0.324. The highest BCUT2D eigenvalue weighted by Gasteiger charge is 2.17. The Kier molecular flexibility index (Phi) is 5.26. The van der Waals surface area contributed by atoms with Crippen LogP contribution in [-0.2, 0) is 4.79 Å². The zero-order valence-corrected chi connectivity index (χ0v) is 13.2. The van der Waals surface area contributed by atoms with Crippen LogP contribution in [0, 0.1) is 11.3 Å². The van der Waals surface area contributed by atoms with Gasteiger partial charge in [-0.25, -0.2) is 0 Å². The predicted molar refractivity (Wildman–Crippen MR) is 86.3 cm³/mol. The molecule has 0 saturated heterocycles. The molecular weight excluding hydrogens is 323 g/mol. The van der Waals surface area contributed by atoms with Crippen LogP contribution < -0.4 is 10.1 Å². The zero-order chi connectivity index (χ0) is 16.1. The van der Waals surface area contributed by atoms with Crippen LogP contribution in [0.25, 0.3) is 0 Å². The van der Waals surface area contributed by atoms with E-state index in [0.29, 0.717) is 27.0 Å². The lowest BCUT2D eigenvalue weighted by atomic mass is 10.2. The van der Waals surface area contributed by atoms with Crippen molar-refractivity contribution < 1.29 is 9.53 Å². The first-order valence-electron chi connectivity index (χ1n) is 6.43. The Morgan fingerprint density at radius 3 is 2.73 bits per heavy atom. The van der Waals surface area contributed by atoms with Crippen molar-refractivity contribution in [2.24, 2.45) is 0 Å². The van der Waals surface area contributed by atoms with Gasteiger partial charge in [-0.15, -0.1) is 0 Å². The van der Waals surface area contributed by atoms with Crippen molar-refractivity contribution in [2.45, 2.75) is 13.0 Å². The van der Waals surface area contributed by atoms with Crippen LogP contribution in [0.15, 0.2) is 42.5 Å². The van der Waals surface area contributed by atoms with Gasteiger partial charge in [-0.3, -0.25) is 4.79 Å². The van der Waals surface area contributed by atoms with E-state index in [-0.39, 0.29) is 0 Å². The fourth-order valence-electron chi connectivity index (χ4n) is 1.74. The number of benzene rings is 2. The summed E-state index contributed by atoms with van der Waals surface area (Å²) in [5, 5.41) is 12.5. The summed E-state index contributed by atoms with van der Waals surface area (Å²) in [6, 6.07) is 13.5. The molecular formula is C16H12Cl2N2O2. The van der Waals surface area contributed by atoms with E-state index in [1.807, 2.05) is 6.07 Å². The first-order valence-corrected chi connectivity index (χ1v) is 7.18. The first kappa shape index (κ1) is 16.2. The Balaban J connectivity index is 2.10. The number of amides is 1. The lowest BCUT2D eigenvalue weighted by Gasteiger charge is -2.16. The number of carbonyl (C=O) groups excluding carboxylic acids is 1. The van der Waals surface area contributed by atoms with Crippen LogP contribution in [0.5, 0.6) is 5.75 Å². The van der Waals surface area contributed by atoms with E-state index in [4.69, 9.17) is 33.2 Å². The second kappa shape index (κ2) is 7.17. The number of anilines is 1. The predicted octanol–water partition coefficient (Wildman–Crippen LogP) is 4.27. The van der Waals surface area contributed by atoms with Gasteiger partial charge in [0.2, 0.25) is 0 Å². The molecule has 0 saturated carbocycles. The standard InChI is InChI=1S/C16H12Cl2N2O2/c1-10(22-15-8-12(17)6-7-13(15)18)16(21)20-14-5-3-2-4-11(14)9-19/h2-8,10H,1H3,(H,20,21)/t10-/m0/s1. The van der Waals surface area contributed by atoms with E-state index in [2.05, 4.69) is 5.32 Å². The largest absolute Gasteiger partial charge is 0.479 e. The molecule has 6 heteroatoms. The van der Waals surface area contributed by atoms with E-state index >= 15 is 0 Å². The topological polar surface area (TPSA) is 62.1 Å². The van der Waals surface area contributed by atoms with Gasteiger partial charge in [0.05, 0.1) is 16.3 Å². The average molecular weight is 335 g/mol. The summed E-state index contributed by atoms with van der Waals surface area (Å²) in [6.45, 7) is 1.58. The third-order valence-corrected chi connectivity index (χ3v) is 3.42. The number of hydrogen-bond donors (Lipinski definition) is 1. The molecule has 0 aromatic heterocycles. The molecule has 4 nitrogen and oxygen atoms in total. The van der Waals surface area contributed by atoms with Gasteiger partial charge >= 0.3 is 0 Å². The monoisotopic (exact) mass is 334 g/mol. The normalized spacial score (nSPS) is 11.4. The number of hydrogen-bond acceptors (Lipinski definition) is 3. The minimum atomic E-state index is -0.803. The van der Waals surface area contributed by atoms with Crippen molar-refractivity contribution in [3.05, 3.63) is 58.1 Å². The molecule has 1 N–H and O–H groups in total. The van der Waals surface area contributed by atoms with Crippen molar-refractivity contribution in [3.8, 4) is 11.8 Å². The number of nitriles is 1. The number of rotatable bonds is 4. The number of nitrogens with zero attached hydrogens (tertiary/aromatic N) is 1. The molecule has 1 atom stereocenters. The van der Waals surface area contributed by atoms with Crippen molar-refractivity contribution in [1.29, 1.82) is 5.26 Å². The van der Waals surface area contributed by atoms with Crippen molar-refractivity contribution in [3.63, 3.8) is 0 Å². The Morgan fingerprint density at radius 1 is 1.27 bits per heavy atom. The van der Waals surface area contributed by atoms with Gasteiger partial charge in [0, 0.05) is 11.1 Å². The minimum Gasteiger partial charge on any atom is -0.479 e. The third kappa shape index (κ3) is 3.91. The summed E-state index contributed by atoms with van der Waals surface area (Å²) in [7, 11) is 0. The Bertz CT molecular complexity index is 741. The van der Waals surface area contributed by atoms with Crippen molar-refractivity contribution in [2.75, 3.05) is 5.32 Å². The van der Waals surface area contributed by atoms with Crippen LogP contribution in [0.1, 0.15) is 12.5 Å². The van der Waals surface area contributed by atoms with Gasteiger partial charge in [0.25, 0.3) is 5.91 Å². The molecule has 2 aromatic carbocycles. The first-order chi connectivity index (χ1) is 10.5. The molecule has 0 aliphatic rings.